The maximum atomic E-state index is 13.1. The van der Waals surface area contributed by atoms with Crippen LogP contribution >= 0.6 is 0 Å². The fourth-order valence-electron chi connectivity index (χ4n) is 5.19. The van der Waals surface area contributed by atoms with Crippen molar-refractivity contribution in [3.8, 4) is 0 Å². The molecule has 1 fully saturated rings. The summed E-state index contributed by atoms with van der Waals surface area (Å²) in [5.41, 5.74) is 4.92. The van der Waals surface area contributed by atoms with E-state index in [1.807, 2.05) is 0 Å². The van der Waals surface area contributed by atoms with E-state index in [4.69, 9.17) is 9.57 Å². The summed E-state index contributed by atoms with van der Waals surface area (Å²) in [6.45, 7) is 0.100. The highest BCUT2D eigenvalue weighted by Gasteiger charge is 2.67. The van der Waals surface area contributed by atoms with E-state index in [1.165, 1.54) is 22.3 Å². The first-order chi connectivity index (χ1) is 11.8. The van der Waals surface area contributed by atoms with Gasteiger partial charge in [-0.05, 0) is 35.1 Å². The van der Waals surface area contributed by atoms with Crippen molar-refractivity contribution in [3.05, 3.63) is 70.8 Å². The Morgan fingerprint density at radius 2 is 1.67 bits per heavy atom. The second kappa shape index (κ2) is 4.91. The third kappa shape index (κ3) is 1.53. The highest BCUT2D eigenvalue weighted by atomic mass is 16.8. The number of hydrogen-bond acceptors (Lipinski definition) is 3. The summed E-state index contributed by atoms with van der Waals surface area (Å²) in [6, 6.07) is 17.0. The molecule has 2 aromatic rings. The molecule has 1 spiro atoms. The summed E-state index contributed by atoms with van der Waals surface area (Å²) >= 11 is 0. The van der Waals surface area contributed by atoms with Gasteiger partial charge in [0.1, 0.15) is 0 Å². The van der Waals surface area contributed by atoms with Crippen LogP contribution in [0.2, 0.25) is 0 Å². The molecule has 2 aliphatic carbocycles. The normalized spacial score (nSPS) is 29.4. The number of hydrogen-bond donors (Lipinski definition) is 0. The van der Waals surface area contributed by atoms with Crippen LogP contribution < -0.4 is 0 Å². The third-order valence-corrected chi connectivity index (χ3v) is 5.95. The Morgan fingerprint density at radius 3 is 2.33 bits per heavy atom. The monoisotopic (exact) mass is 321 g/mol. The number of ether oxygens (including phenoxy) is 1. The largest absolute Gasteiger partial charge is 0.356 e. The van der Waals surface area contributed by atoms with E-state index in [2.05, 4.69) is 48.5 Å². The number of amides is 1. The lowest BCUT2D eigenvalue weighted by Crippen LogP contribution is -2.41. The van der Waals surface area contributed by atoms with Gasteiger partial charge >= 0.3 is 0 Å². The minimum Gasteiger partial charge on any atom is -0.356 e. The molecule has 1 aliphatic heterocycles. The molecule has 24 heavy (non-hydrogen) atoms. The third-order valence-electron chi connectivity index (χ3n) is 5.95. The van der Waals surface area contributed by atoms with Crippen molar-refractivity contribution < 1.29 is 14.4 Å². The highest BCUT2D eigenvalue weighted by Crippen LogP contribution is 2.60. The maximum absolute atomic E-state index is 13.1. The van der Waals surface area contributed by atoms with E-state index in [9.17, 15) is 4.79 Å². The van der Waals surface area contributed by atoms with Crippen molar-refractivity contribution in [3.63, 3.8) is 0 Å². The first kappa shape index (κ1) is 14.2. The maximum Gasteiger partial charge on any atom is 0.251 e. The topological polar surface area (TPSA) is 38.8 Å². The molecule has 2 aromatic carbocycles. The first-order valence-electron chi connectivity index (χ1n) is 8.40. The summed E-state index contributed by atoms with van der Waals surface area (Å²) in [5.74, 6) is 0.00293. The Hall–Kier alpha value is -2.17. The van der Waals surface area contributed by atoms with Gasteiger partial charge in [0.2, 0.25) is 0 Å². The minimum atomic E-state index is -0.280. The van der Waals surface area contributed by atoms with Crippen LogP contribution in [0.25, 0.3) is 0 Å². The van der Waals surface area contributed by atoms with Gasteiger partial charge in [0.25, 0.3) is 5.91 Å². The molecule has 1 heterocycles. The summed E-state index contributed by atoms with van der Waals surface area (Å²) in [5, 5.41) is 1.60. The second-order valence-corrected chi connectivity index (χ2v) is 6.86. The molecule has 0 bridgehead atoms. The minimum absolute atomic E-state index is 0.00574. The van der Waals surface area contributed by atoms with Crippen LogP contribution in [-0.2, 0) is 32.6 Å². The van der Waals surface area contributed by atoms with E-state index in [-0.39, 0.29) is 30.1 Å². The van der Waals surface area contributed by atoms with Crippen LogP contribution in [0.3, 0.4) is 0 Å². The summed E-state index contributed by atoms with van der Waals surface area (Å²) in [6.07, 6.45) is 1.61. The number of carbonyl (C=O) groups excluding carboxylic acids is 1. The highest BCUT2D eigenvalue weighted by molar-refractivity contribution is 5.88. The molecule has 4 heteroatoms. The van der Waals surface area contributed by atoms with Crippen molar-refractivity contribution >= 4 is 5.91 Å². The van der Waals surface area contributed by atoms with E-state index in [0.717, 1.165) is 12.8 Å². The van der Waals surface area contributed by atoms with Gasteiger partial charge in [0, 0.05) is 7.11 Å². The Labute approximate surface area is 140 Å². The average molecular weight is 321 g/mol. The molecule has 5 rings (SSSR count). The molecule has 3 aliphatic rings. The Morgan fingerprint density at radius 1 is 1.04 bits per heavy atom. The van der Waals surface area contributed by atoms with Gasteiger partial charge < -0.3 is 4.74 Å². The van der Waals surface area contributed by atoms with Gasteiger partial charge in [-0.3, -0.25) is 4.79 Å². The molecule has 3 atom stereocenters. The fourth-order valence-corrected chi connectivity index (χ4v) is 5.19. The molecule has 122 valence electrons. The van der Waals surface area contributed by atoms with Gasteiger partial charge in [-0.25, -0.2) is 9.90 Å². The second-order valence-electron chi connectivity index (χ2n) is 6.86. The van der Waals surface area contributed by atoms with Crippen molar-refractivity contribution in [1.82, 2.24) is 5.06 Å². The SMILES string of the molecule is COCON1C(=O)[C@@H]2Cc3ccccc3[C@@]23c2ccccc2C[C@@H]13. The van der Waals surface area contributed by atoms with Crippen LogP contribution in [-0.4, -0.2) is 30.9 Å². The number of benzene rings is 2. The lowest BCUT2D eigenvalue weighted by molar-refractivity contribution is -0.226. The van der Waals surface area contributed by atoms with E-state index in [0.29, 0.717) is 0 Å². The Kier molecular flexibility index (Phi) is 2.91. The lowest BCUT2D eigenvalue weighted by Gasteiger charge is -2.32. The van der Waals surface area contributed by atoms with Crippen molar-refractivity contribution in [2.45, 2.75) is 24.3 Å². The van der Waals surface area contributed by atoms with Gasteiger partial charge in [0.05, 0.1) is 17.4 Å². The number of hydroxylamine groups is 2. The zero-order chi connectivity index (χ0) is 16.3. The number of fused-ring (bicyclic) bond motifs is 2. The predicted octanol–water partition coefficient (Wildman–Crippen LogP) is 2.45. The van der Waals surface area contributed by atoms with Gasteiger partial charge in [-0.1, -0.05) is 48.5 Å². The number of methoxy groups -OCH3 is 1. The first-order valence-corrected chi connectivity index (χ1v) is 8.40. The van der Waals surface area contributed by atoms with Gasteiger partial charge in [-0.15, -0.1) is 0 Å². The predicted molar refractivity (Wildman–Crippen MR) is 88.2 cm³/mol. The molecule has 0 N–H and O–H groups in total. The number of carbonyl (C=O) groups is 1. The number of nitrogens with zero attached hydrogens (tertiary/aromatic N) is 1. The molecule has 0 radical (unpaired) electrons. The summed E-state index contributed by atoms with van der Waals surface area (Å²) in [7, 11) is 1.58. The van der Waals surface area contributed by atoms with E-state index >= 15 is 0 Å². The van der Waals surface area contributed by atoms with Crippen molar-refractivity contribution in [2.24, 2.45) is 5.92 Å². The van der Waals surface area contributed by atoms with Gasteiger partial charge in [-0.2, -0.15) is 0 Å². The molecule has 0 saturated carbocycles. The molecule has 4 nitrogen and oxygen atoms in total. The van der Waals surface area contributed by atoms with Crippen LogP contribution in [0.1, 0.15) is 22.3 Å². The fraction of sp³-hybridized carbons (Fsp3) is 0.350. The zero-order valence-corrected chi connectivity index (χ0v) is 13.6. The zero-order valence-electron chi connectivity index (χ0n) is 13.6. The van der Waals surface area contributed by atoms with E-state index in [1.54, 1.807) is 12.2 Å². The number of rotatable bonds is 3. The van der Waals surface area contributed by atoms with Crippen molar-refractivity contribution in [1.29, 1.82) is 0 Å². The van der Waals surface area contributed by atoms with Crippen LogP contribution in [0.5, 0.6) is 0 Å². The smallest absolute Gasteiger partial charge is 0.251 e. The van der Waals surface area contributed by atoms with Crippen LogP contribution in [0.15, 0.2) is 48.5 Å². The summed E-state index contributed by atoms with van der Waals surface area (Å²) < 4.78 is 5.05. The lowest BCUT2D eigenvalue weighted by atomic mass is 9.70. The molecule has 0 aromatic heterocycles. The molecule has 1 amide bonds. The van der Waals surface area contributed by atoms with Gasteiger partial charge in [0.15, 0.2) is 6.79 Å². The quantitative estimate of drug-likeness (QED) is 0.815. The Balaban J connectivity index is 1.74. The van der Waals surface area contributed by atoms with E-state index < -0.39 is 0 Å². The molecular weight excluding hydrogens is 302 g/mol. The Bertz CT molecular complexity index is 820. The molecular formula is C20H19NO3. The average Bonchev–Trinajstić information content (AvgIpc) is 3.20. The summed E-state index contributed by atoms with van der Waals surface area (Å²) in [4.78, 5) is 18.8. The van der Waals surface area contributed by atoms with Crippen LogP contribution in [0, 0.1) is 5.92 Å². The van der Waals surface area contributed by atoms with Crippen molar-refractivity contribution in [2.75, 3.05) is 13.9 Å². The van der Waals surface area contributed by atoms with Crippen LogP contribution in [0.4, 0.5) is 0 Å². The standard InChI is InChI=1S/C20H19NO3/c1-23-12-24-21-18-11-14-7-3-5-9-16(14)20(18)15-8-4-2-6-13(15)10-17(20)19(21)22/h2-9,17-18H,10-12H2,1H3/t17-,18+,20+/m0/s1. The molecule has 1 saturated heterocycles. The molecule has 0 unspecified atom stereocenters.